The van der Waals surface area contributed by atoms with Crippen molar-refractivity contribution < 1.29 is 78.4 Å². The Morgan fingerprint density at radius 3 is 1.15 bits per heavy atom. The summed E-state index contributed by atoms with van der Waals surface area (Å²) in [5.41, 5.74) is 2.47. The Hall–Kier alpha value is -8.13. The lowest BCUT2D eigenvalue weighted by atomic mass is 10.1. The number of aromatic hydroxyl groups is 3. The van der Waals surface area contributed by atoms with E-state index in [1.54, 1.807) is 123 Å². The van der Waals surface area contributed by atoms with Crippen LogP contribution < -0.4 is 14.2 Å². The molecule has 0 saturated carbocycles. The average Bonchev–Trinajstić information content (AvgIpc) is 3.71. The van der Waals surface area contributed by atoms with Gasteiger partial charge in [-0.2, -0.15) is 23.5 Å². The van der Waals surface area contributed by atoms with Crippen LogP contribution >= 0.6 is 23.5 Å². The van der Waals surface area contributed by atoms with Crippen molar-refractivity contribution in [3.8, 4) is 34.5 Å². The molecule has 0 spiro atoms. The van der Waals surface area contributed by atoms with Crippen LogP contribution in [0, 0.1) is 0 Å². The number of phenols is 3. The molecule has 3 aliphatic rings. The number of hydrogen-bond acceptors (Lipinski definition) is 21. The number of aliphatic hydroxyl groups is 3. The third kappa shape index (κ3) is 15.9. The van der Waals surface area contributed by atoms with Crippen LogP contribution in [0.15, 0.2) is 110 Å². The molecule has 3 aromatic heterocycles. The molecule has 6 aromatic rings. The number of rotatable bonds is 18. The van der Waals surface area contributed by atoms with Crippen LogP contribution in [0.2, 0.25) is 0 Å². The molecule has 6 heterocycles. The number of nitrogens with zero attached hydrogens (tertiary/aromatic N) is 6. The fourth-order valence-electron chi connectivity index (χ4n) is 9.46. The van der Waals surface area contributed by atoms with Crippen LogP contribution in [0.3, 0.4) is 0 Å². The van der Waals surface area contributed by atoms with Crippen molar-refractivity contribution in [2.45, 2.75) is 58.7 Å². The van der Waals surface area contributed by atoms with Crippen LogP contribution in [0.25, 0.3) is 0 Å². The van der Waals surface area contributed by atoms with Crippen LogP contribution in [0.1, 0.15) is 100 Å². The van der Waals surface area contributed by atoms with E-state index >= 15 is 0 Å². The summed E-state index contributed by atoms with van der Waals surface area (Å²) >= 11 is 3.45. The standard InChI is InChI=1S/C20H22N2O6.2C20H22N2O5S/c1-13(24)19-17(25)5-2-6-18(19)28-12-14-11-27-9-8-22(14)20(26)15-4-3-7-21-16(15)10-23;2*1-13(24)19-17(25)5-2-6-18(19)27-11-14-12-28-9-8-22(14)20(26)15-4-3-7-21-16(15)10-23/h3*2-7,14,23,25H,8-12H2,1H3/t3*14-/m010/s1. The van der Waals surface area contributed by atoms with Crippen LogP contribution in [-0.2, 0) is 24.6 Å². The molecule has 3 fully saturated rings. The molecule has 3 aromatic carbocycles. The Bertz CT molecular complexity index is 2960. The van der Waals surface area contributed by atoms with E-state index in [2.05, 4.69) is 15.0 Å². The number of ketones is 3. The van der Waals surface area contributed by atoms with Gasteiger partial charge in [-0.15, -0.1) is 0 Å². The fourth-order valence-corrected chi connectivity index (χ4v) is 11.5. The van der Waals surface area contributed by atoms with Gasteiger partial charge in [-0.1, -0.05) is 18.2 Å². The Balaban J connectivity index is 0.000000181. The molecule has 3 amide bonds. The number of aromatic nitrogens is 3. The van der Waals surface area contributed by atoms with Crippen molar-refractivity contribution in [3.05, 3.63) is 160 Å². The lowest BCUT2D eigenvalue weighted by molar-refractivity contribution is -0.0152. The second-order valence-electron chi connectivity index (χ2n) is 19.2. The first-order chi connectivity index (χ1) is 40.6. The van der Waals surface area contributed by atoms with Crippen molar-refractivity contribution >= 4 is 58.6 Å². The minimum atomic E-state index is -0.393. The number of ether oxygens (including phenoxy) is 4. The molecule has 444 valence electrons. The van der Waals surface area contributed by atoms with Crippen molar-refractivity contribution in [1.82, 2.24) is 29.7 Å². The minimum Gasteiger partial charge on any atom is -0.507 e. The summed E-state index contributed by atoms with van der Waals surface area (Å²) < 4.78 is 22.9. The quantitative estimate of drug-likeness (QED) is 0.0567. The molecule has 3 saturated heterocycles. The van der Waals surface area contributed by atoms with E-state index < -0.39 is 6.04 Å². The van der Waals surface area contributed by atoms with Gasteiger partial charge in [0.15, 0.2) is 17.3 Å². The normalized spacial score (nSPS) is 16.6. The number of carbonyl (C=O) groups is 6. The smallest absolute Gasteiger partial charge is 0.256 e. The first-order valence-electron chi connectivity index (χ1n) is 26.8. The Kier molecular flexibility index (Phi) is 23.4. The van der Waals surface area contributed by atoms with Crippen molar-refractivity contribution in [2.24, 2.45) is 0 Å². The summed E-state index contributed by atoms with van der Waals surface area (Å²) in [6, 6.07) is 23.1. The van der Waals surface area contributed by atoms with E-state index in [0.29, 0.717) is 83.0 Å². The summed E-state index contributed by atoms with van der Waals surface area (Å²) in [6.07, 6.45) is 4.60. The predicted octanol–water partition coefficient (Wildman–Crippen LogP) is 5.64. The predicted molar refractivity (Wildman–Crippen MR) is 311 cm³/mol. The fraction of sp³-hybridized carbons (Fsp3) is 0.350. The Labute approximate surface area is 493 Å². The largest absolute Gasteiger partial charge is 0.507 e. The summed E-state index contributed by atoms with van der Waals surface area (Å²) in [6.45, 7) is 5.74. The molecule has 22 nitrogen and oxygen atoms in total. The summed E-state index contributed by atoms with van der Waals surface area (Å²) in [5, 5.41) is 58.2. The zero-order valence-corrected chi connectivity index (χ0v) is 48.1. The molecule has 3 aliphatic heterocycles. The zero-order chi connectivity index (χ0) is 60.3. The molecule has 3 atom stereocenters. The number of Topliss-reactive ketones (excluding diaryl/α,β-unsaturated/α-hetero) is 3. The number of hydrogen-bond donors (Lipinski definition) is 6. The Morgan fingerprint density at radius 2 is 0.821 bits per heavy atom. The highest BCUT2D eigenvalue weighted by Crippen LogP contribution is 2.32. The van der Waals surface area contributed by atoms with Gasteiger partial charge in [0.1, 0.15) is 71.0 Å². The maximum atomic E-state index is 13.0. The monoisotopic (exact) mass is 1190 g/mol. The van der Waals surface area contributed by atoms with Crippen LogP contribution in [0.5, 0.6) is 34.5 Å². The minimum absolute atomic E-state index is 0.0875. The van der Waals surface area contributed by atoms with Crippen molar-refractivity contribution in [3.63, 3.8) is 0 Å². The van der Waals surface area contributed by atoms with Gasteiger partial charge in [-0.3, -0.25) is 43.7 Å². The van der Waals surface area contributed by atoms with E-state index in [0.717, 1.165) is 11.5 Å². The topological polar surface area (TPSA) is 309 Å². The maximum Gasteiger partial charge on any atom is 0.256 e. The number of morpholine rings is 1. The second-order valence-corrected chi connectivity index (χ2v) is 21.5. The lowest BCUT2D eigenvalue weighted by Crippen LogP contribution is -2.51. The molecule has 6 N–H and O–H groups in total. The SMILES string of the molecule is CC(=O)c1c(O)cccc1OC[C@@H]1COCCN1C(=O)c1cccnc1CO.CC(=O)c1c(O)cccc1OC[C@@H]1CSCCN1C(=O)c1cccnc1CO.CC(=O)c1c(O)cccc1OC[C@H]1CSCCN1C(=O)c1cccnc1CO. The highest BCUT2D eigenvalue weighted by atomic mass is 32.2. The highest BCUT2D eigenvalue weighted by Gasteiger charge is 2.34. The van der Waals surface area contributed by atoms with Crippen molar-refractivity contribution in [2.75, 3.05) is 75.7 Å². The van der Waals surface area contributed by atoms with E-state index in [-0.39, 0.29) is 133 Å². The van der Waals surface area contributed by atoms with Gasteiger partial charge in [0.05, 0.1) is 84.9 Å². The molecule has 0 aliphatic carbocycles. The molecule has 0 radical (unpaired) electrons. The number of benzene rings is 3. The molecule has 0 unspecified atom stereocenters. The number of thioether (sulfide) groups is 2. The molecule has 0 bridgehead atoms. The molecular formula is C60H66N6O16S2. The van der Waals surface area contributed by atoms with E-state index in [1.165, 1.54) is 45.2 Å². The lowest BCUT2D eigenvalue weighted by Gasteiger charge is -2.35. The number of phenolic OH excluding ortho intramolecular Hbond substituents is 3. The highest BCUT2D eigenvalue weighted by molar-refractivity contribution is 7.99. The Morgan fingerprint density at radius 1 is 0.488 bits per heavy atom. The third-order valence-electron chi connectivity index (χ3n) is 13.6. The van der Waals surface area contributed by atoms with Gasteiger partial charge >= 0.3 is 0 Å². The van der Waals surface area contributed by atoms with Gasteiger partial charge in [0, 0.05) is 61.2 Å². The first-order valence-corrected chi connectivity index (χ1v) is 29.1. The summed E-state index contributed by atoms with van der Waals surface area (Å²) in [4.78, 5) is 91.8. The van der Waals surface area contributed by atoms with E-state index in [1.807, 2.05) is 0 Å². The first kappa shape index (κ1) is 63.5. The molecular weight excluding hydrogens is 1120 g/mol. The van der Waals surface area contributed by atoms with Gasteiger partial charge in [0.2, 0.25) is 0 Å². The molecule has 9 rings (SSSR count). The zero-order valence-electron chi connectivity index (χ0n) is 46.5. The van der Waals surface area contributed by atoms with Crippen molar-refractivity contribution in [1.29, 1.82) is 0 Å². The second kappa shape index (κ2) is 31.0. The molecule has 24 heteroatoms. The average molecular weight is 1190 g/mol. The maximum absolute atomic E-state index is 13.0. The van der Waals surface area contributed by atoms with Gasteiger partial charge in [-0.25, -0.2) is 0 Å². The van der Waals surface area contributed by atoms with Crippen LogP contribution in [0.4, 0.5) is 0 Å². The van der Waals surface area contributed by atoms with Gasteiger partial charge < -0.3 is 64.3 Å². The van der Waals surface area contributed by atoms with Gasteiger partial charge in [-0.05, 0) is 93.6 Å². The molecule has 84 heavy (non-hydrogen) atoms. The summed E-state index contributed by atoms with van der Waals surface area (Å²) in [7, 11) is 0. The number of pyridine rings is 3. The van der Waals surface area contributed by atoms with Gasteiger partial charge in [0.25, 0.3) is 17.7 Å². The number of carbonyl (C=O) groups excluding carboxylic acids is 6. The van der Waals surface area contributed by atoms with E-state index in [9.17, 15) is 59.4 Å². The third-order valence-corrected chi connectivity index (χ3v) is 15.8. The van der Waals surface area contributed by atoms with E-state index in [4.69, 9.17) is 18.9 Å². The number of amides is 3. The van der Waals surface area contributed by atoms with Crippen LogP contribution in [-0.4, -0.2) is 189 Å². The summed E-state index contributed by atoms with van der Waals surface area (Å²) in [5.74, 6) is 1.88. The number of aliphatic hydroxyl groups excluding tert-OH is 3.